The van der Waals surface area contributed by atoms with Crippen LogP contribution in [0.3, 0.4) is 0 Å². The molecule has 3 heteroatoms. The first-order chi connectivity index (χ1) is 7.64. The van der Waals surface area contributed by atoms with Crippen molar-refractivity contribution >= 4 is 0 Å². The Labute approximate surface area is 99.6 Å². The molecule has 0 amide bonds. The van der Waals surface area contributed by atoms with Crippen LogP contribution in [0.15, 0.2) is 0 Å². The SMILES string of the molecule is CCCCCCC(C)(O)CC1COCCN1. The summed E-state index contributed by atoms with van der Waals surface area (Å²) in [6.45, 7) is 6.62. The number of aliphatic hydroxyl groups is 1. The van der Waals surface area contributed by atoms with E-state index >= 15 is 0 Å². The van der Waals surface area contributed by atoms with Crippen molar-refractivity contribution in [2.45, 2.75) is 64.0 Å². The van der Waals surface area contributed by atoms with Gasteiger partial charge in [-0.15, -0.1) is 0 Å². The van der Waals surface area contributed by atoms with E-state index in [1.807, 2.05) is 6.92 Å². The maximum absolute atomic E-state index is 10.3. The van der Waals surface area contributed by atoms with Crippen molar-refractivity contribution in [3.05, 3.63) is 0 Å². The minimum absolute atomic E-state index is 0.329. The topological polar surface area (TPSA) is 41.5 Å². The predicted octanol–water partition coefficient (Wildman–Crippen LogP) is 2.09. The Hall–Kier alpha value is -0.120. The zero-order chi connectivity index (χ0) is 11.9. The van der Waals surface area contributed by atoms with E-state index in [2.05, 4.69) is 12.2 Å². The molecule has 0 aromatic rings. The molecule has 0 saturated carbocycles. The van der Waals surface area contributed by atoms with Crippen LogP contribution < -0.4 is 5.32 Å². The summed E-state index contributed by atoms with van der Waals surface area (Å²) >= 11 is 0. The molecule has 0 bridgehead atoms. The zero-order valence-corrected chi connectivity index (χ0v) is 10.8. The molecule has 2 unspecified atom stereocenters. The maximum Gasteiger partial charge on any atom is 0.0635 e. The van der Waals surface area contributed by atoms with Crippen molar-refractivity contribution in [1.82, 2.24) is 5.32 Å². The van der Waals surface area contributed by atoms with Crippen LogP contribution in [-0.2, 0) is 4.74 Å². The normalized spacial score (nSPS) is 25.3. The lowest BCUT2D eigenvalue weighted by Gasteiger charge is -2.31. The third kappa shape index (κ3) is 5.83. The number of hydrogen-bond donors (Lipinski definition) is 2. The standard InChI is InChI=1S/C13H27NO2/c1-3-4-5-6-7-13(2,15)10-12-11-16-9-8-14-12/h12,14-15H,3-11H2,1-2H3. The fourth-order valence-electron chi connectivity index (χ4n) is 2.32. The quantitative estimate of drug-likeness (QED) is 0.657. The Morgan fingerprint density at radius 3 is 2.81 bits per heavy atom. The van der Waals surface area contributed by atoms with Crippen LogP contribution in [0.4, 0.5) is 0 Å². The number of unbranched alkanes of at least 4 members (excludes halogenated alkanes) is 3. The van der Waals surface area contributed by atoms with Crippen molar-refractivity contribution in [3.63, 3.8) is 0 Å². The highest BCUT2D eigenvalue weighted by atomic mass is 16.5. The molecule has 0 aromatic heterocycles. The van der Waals surface area contributed by atoms with Crippen LogP contribution in [-0.4, -0.2) is 36.5 Å². The van der Waals surface area contributed by atoms with E-state index in [0.29, 0.717) is 6.04 Å². The Kier molecular flexibility index (Phi) is 6.32. The van der Waals surface area contributed by atoms with Gasteiger partial charge in [0.15, 0.2) is 0 Å². The highest BCUT2D eigenvalue weighted by Gasteiger charge is 2.26. The molecule has 16 heavy (non-hydrogen) atoms. The van der Waals surface area contributed by atoms with Crippen LogP contribution in [0, 0.1) is 0 Å². The van der Waals surface area contributed by atoms with Gasteiger partial charge < -0.3 is 15.2 Å². The van der Waals surface area contributed by atoms with Crippen LogP contribution in [0.5, 0.6) is 0 Å². The van der Waals surface area contributed by atoms with E-state index in [0.717, 1.165) is 39.0 Å². The van der Waals surface area contributed by atoms with Gasteiger partial charge in [-0.2, -0.15) is 0 Å². The van der Waals surface area contributed by atoms with Crippen LogP contribution >= 0.6 is 0 Å². The van der Waals surface area contributed by atoms with Gasteiger partial charge in [0.1, 0.15) is 0 Å². The number of morpholine rings is 1. The fourth-order valence-corrected chi connectivity index (χ4v) is 2.32. The maximum atomic E-state index is 10.3. The molecule has 2 N–H and O–H groups in total. The number of hydrogen-bond acceptors (Lipinski definition) is 3. The van der Waals surface area contributed by atoms with Gasteiger partial charge in [-0.05, 0) is 19.8 Å². The second-order valence-corrected chi connectivity index (χ2v) is 5.24. The summed E-state index contributed by atoms with van der Waals surface area (Å²) in [6.07, 6.45) is 6.61. The smallest absolute Gasteiger partial charge is 0.0635 e. The number of rotatable bonds is 7. The van der Waals surface area contributed by atoms with Crippen LogP contribution in [0.25, 0.3) is 0 Å². The van der Waals surface area contributed by atoms with E-state index in [9.17, 15) is 5.11 Å². The Morgan fingerprint density at radius 1 is 1.38 bits per heavy atom. The first-order valence-corrected chi connectivity index (χ1v) is 6.67. The molecule has 0 aliphatic carbocycles. The number of nitrogens with one attached hydrogen (secondary N) is 1. The molecule has 1 aliphatic rings. The number of ether oxygens (including phenoxy) is 1. The van der Waals surface area contributed by atoms with Crippen molar-refractivity contribution in [1.29, 1.82) is 0 Å². The van der Waals surface area contributed by atoms with E-state index in [1.165, 1.54) is 19.3 Å². The molecule has 0 radical (unpaired) electrons. The van der Waals surface area contributed by atoms with Crippen molar-refractivity contribution in [3.8, 4) is 0 Å². The average Bonchev–Trinajstić information content (AvgIpc) is 2.25. The molecule has 1 rings (SSSR count). The minimum atomic E-state index is -0.536. The second-order valence-electron chi connectivity index (χ2n) is 5.24. The summed E-state index contributed by atoms with van der Waals surface area (Å²) in [6, 6.07) is 0.329. The summed E-state index contributed by atoms with van der Waals surface area (Å²) in [5.41, 5.74) is -0.536. The van der Waals surface area contributed by atoms with Gasteiger partial charge in [-0.25, -0.2) is 0 Å². The molecule has 3 nitrogen and oxygen atoms in total. The van der Waals surface area contributed by atoms with Gasteiger partial charge in [0.2, 0.25) is 0 Å². The van der Waals surface area contributed by atoms with Gasteiger partial charge in [0.25, 0.3) is 0 Å². The van der Waals surface area contributed by atoms with Gasteiger partial charge in [0, 0.05) is 12.6 Å². The van der Waals surface area contributed by atoms with Gasteiger partial charge in [0.05, 0.1) is 18.8 Å². The lowest BCUT2D eigenvalue weighted by atomic mass is 9.91. The van der Waals surface area contributed by atoms with E-state index in [4.69, 9.17) is 4.74 Å². The predicted molar refractivity (Wildman–Crippen MR) is 66.6 cm³/mol. The summed E-state index contributed by atoms with van der Waals surface area (Å²) in [5.74, 6) is 0. The molecule has 0 spiro atoms. The molecular formula is C13H27NO2. The monoisotopic (exact) mass is 229 g/mol. The second kappa shape index (κ2) is 7.25. The third-order valence-corrected chi connectivity index (χ3v) is 3.25. The van der Waals surface area contributed by atoms with Gasteiger partial charge >= 0.3 is 0 Å². The molecule has 1 fully saturated rings. The fraction of sp³-hybridized carbons (Fsp3) is 1.00. The van der Waals surface area contributed by atoms with Crippen molar-refractivity contribution in [2.24, 2.45) is 0 Å². The Bertz CT molecular complexity index is 177. The summed E-state index contributed by atoms with van der Waals surface area (Å²) in [5, 5.41) is 13.7. The van der Waals surface area contributed by atoms with E-state index in [-0.39, 0.29) is 0 Å². The van der Waals surface area contributed by atoms with Crippen LogP contribution in [0.2, 0.25) is 0 Å². The third-order valence-electron chi connectivity index (χ3n) is 3.25. The Morgan fingerprint density at radius 2 is 2.19 bits per heavy atom. The summed E-state index contributed by atoms with van der Waals surface area (Å²) < 4.78 is 5.40. The first kappa shape index (κ1) is 13.9. The van der Waals surface area contributed by atoms with Gasteiger partial charge in [-0.3, -0.25) is 0 Å². The highest BCUT2D eigenvalue weighted by molar-refractivity contribution is 4.82. The molecule has 0 aromatic carbocycles. The lowest BCUT2D eigenvalue weighted by molar-refractivity contribution is -0.000520. The zero-order valence-electron chi connectivity index (χ0n) is 10.8. The summed E-state index contributed by atoms with van der Waals surface area (Å²) in [7, 11) is 0. The molecule has 1 saturated heterocycles. The first-order valence-electron chi connectivity index (χ1n) is 6.67. The van der Waals surface area contributed by atoms with E-state index in [1.54, 1.807) is 0 Å². The Balaban J connectivity index is 2.16. The lowest BCUT2D eigenvalue weighted by Crippen LogP contribution is -2.45. The summed E-state index contributed by atoms with van der Waals surface area (Å²) in [4.78, 5) is 0. The van der Waals surface area contributed by atoms with Crippen molar-refractivity contribution < 1.29 is 9.84 Å². The van der Waals surface area contributed by atoms with Gasteiger partial charge in [-0.1, -0.05) is 32.6 Å². The van der Waals surface area contributed by atoms with E-state index < -0.39 is 5.60 Å². The van der Waals surface area contributed by atoms with Crippen LogP contribution in [0.1, 0.15) is 52.4 Å². The molecule has 96 valence electrons. The molecule has 2 atom stereocenters. The molecular weight excluding hydrogens is 202 g/mol. The largest absolute Gasteiger partial charge is 0.390 e. The average molecular weight is 229 g/mol. The molecule has 1 heterocycles. The molecule has 1 aliphatic heterocycles. The minimum Gasteiger partial charge on any atom is -0.390 e. The van der Waals surface area contributed by atoms with Crippen molar-refractivity contribution in [2.75, 3.05) is 19.8 Å². The highest BCUT2D eigenvalue weighted by Crippen LogP contribution is 2.21.